The highest BCUT2D eigenvalue weighted by Gasteiger charge is 2.56. The molecular weight excluding hydrogens is 325 g/mol. The Morgan fingerprint density at radius 3 is 2.87 bits per heavy atom. The fraction of sp³-hybridized carbons (Fsp3) is 0.533. The molecule has 2 atom stereocenters. The molecule has 2 aliphatic heterocycles. The van der Waals surface area contributed by atoms with Gasteiger partial charge in [0.15, 0.2) is 0 Å². The molecule has 0 bridgehead atoms. The van der Waals surface area contributed by atoms with Crippen LogP contribution in [0, 0.1) is 24.1 Å². The van der Waals surface area contributed by atoms with Gasteiger partial charge in [0.25, 0.3) is 0 Å². The Bertz CT molecular complexity index is 750. The SMILES string of the molecule is Cc1ccc(F)cc1S(=O)(=O)N1C[C@@H]2CCOC[C@]2(C(=O)O)C1. The van der Waals surface area contributed by atoms with Crippen LogP contribution in [0.1, 0.15) is 12.0 Å². The van der Waals surface area contributed by atoms with Gasteiger partial charge in [-0.3, -0.25) is 4.79 Å². The molecular formula is C15H18FNO5S. The van der Waals surface area contributed by atoms with Crippen LogP contribution in [0.3, 0.4) is 0 Å². The second-order valence-corrected chi connectivity index (χ2v) is 8.11. The largest absolute Gasteiger partial charge is 0.481 e. The lowest BCUT2D eigenvalue weighted by molar-refractivity contribution is -0.159. The predicted octanol–water partition coefficient (Wildman–Crippen LogP) is 1.25. The van der Waals surface area contributed by atoms with E-state index in [1.165, 1.54) is 12.1 Å². The molecule has 2 fully saturated rings. The van der Waals surface area contributed by atoms with E-state index in [1.54, 1.807) is 6.92 Å². The minimum absolute atomic E-state index is 0.00114. The summed E-state index contributed by atoms with van der Waals surface area (Å²) >= 11 is 0. The molecule has 2 aliphatic rings. The van der Waals surface area contributed by atoms with Gasteiger partial charge < -0.3 is 9.84 Å². The molecule has 0 radical (unpaired) electrons. The Morgan fingerprint density at radius 2 is 2.22 bits per heavy atom. The number of rotatable bonds is 3. The minimum Gasteiger partial charge on any atom is -0.481 e. The average Bonchev–Trinajstić information content (AvgIpc) is 2.91. The van der Waals surface area contributed by atoms with Crippen LogP contribution in [-0.2, 0) is 19.6 Å². The summed E-state index contributed by atoms with van der Waals surface area (Å²) in [7, 11) is -3.95. The molecule has 6 nitrogen and oxygen atoms in total. The van der Waals surface area contributed by atoms with Gasteiger partial charge in [0.05, 0.1) is 11.5 Å². The highest BCUT2D eigenvalue weighted by molar-refractivity contribution is 7.89. The molecule has 0 amide bonds. The first-order valence-electron chi connectivity index (χ1n) is 7.35. The average molecular weight is 343 g/mol. The Hall–Kier alpha value is -1.51. The van der Waals surface area contributed by atoms with Gasteiger partial charge in [-0.05, 0) is 37.0 Å². The van der Waals surface area contributed by atoms with E-state index >= 15 is 0 Å². The number of ether oxygens (including phenoxy) is 1. The maximum Gasteiger partial charge on any atom is 0.313 e. The number of carboxylic acid groups (broad SMARTS) is 1. The van der Waals surface area contributed by atoms with Gasteiger partial charge in [0.1, 0.15) is 11.2 Å². The lowest BCUT2D eigenvalue weighted by atomic mass is 9.76. The van der Waals surface area contributed by atoms with E-state index in [0.29, 0.717) is 18.6 Å². The van der Waals surface area contributed by atoms with Gasteiger partial charge >= 0.3 is 5.97 Å². The number of aliphatic carboxylic acids is 1. The van der Waals surface area contributed by atoms with Crippen LogP contribution in [-0.4, -0.2) is 50.1 Å². The summed E-state index contributed by atoms with van der Waals surface area (Å²) in [6.45, 7) is 1.98. The molecule has 0 aliphatic carbocycles. The summed E-state index contributed by atoms with van der Waals surface area (Å²) in [6.07, 6.45) is 0.500. The van der Waals surface area contributed by atoms with E-state index in [9.17, 15) is 22.7 Å². The number of aryl methyl sites for hydroxylation is 1. The molecule has 0 aromatic heterocycles. The molecule has 1 aromatic rings. The first kappa shape index (κ1) is 16.4. The van der Waals surface area contributed by atoms with Crippen molar-refractivity contribution in [2.75, 3.05) is 26.3 Å². The second-order valence-electron chi connectivity index (χ2n) is 6.21. The highest BCUT2D eigenvalue weighted by Crippen LogP contribution is 2.43. The van der Waals surface area contributed by atoms with E-state index in [4.69, 9.17) is 4.74 Å². The summed E-state index contributed by atoms with van der Waals surface area (Å²) in [4.78, 5) is 11.6. The van der Waals surface area contributed by atoms with Gasteiger partial charge in [-0.15, -0.1) is 0 Å². The number of hydrogen-bond acceptors (Lipinski definition) is 4. The zero-order valence-electron chi connectivity index (χ0n) is 12.7. The molecule has 3 rings (SSSR count). The van der Waals surface area contributed by atoms with Gasteiger partial charge in [-0.25, -0.2) is 12.8 Å². The van der Waals surface area contributed by atoms with E-state index < -0.39 is 27.2 Å². The molecule has 23 heavy (non-hydrogen) atoms. The lowest BCUT2D eigenvalue weighted by Gasteiger charge is -2.34. The molecule has 1 aromatic carbocycles. The molecule has 2 heterocycles. The van der Waals surface area contributed by atoms with Gasteiger partial charge in [0, 0.05) is 19.7 Å². The van der Waals surface area contributed by atoms with Gasteiger partial charge in [-0.1, -0.05) is 6.07 Å². The number of fused-ring (bicyclic) bond motifs is 1. The molecule has 2 saturated heterocycles. The zero-order valence-corrected chi connectivity index (χ0v) is 13.5. The van der Waals surface area contributed by atoms with Crippen molar-refractivity contribution >= 4 is 16.0 Å². The van der Waals surface area contributed by atoms with Crippen LogP contribution in [0.4, 0.5) is 4.39 Å². The predicted molar refractivity (Wildman–Crippen MR) is 78.9 cm³/mol. The van der Waals surface area contributed by atoms with Crippen molar-refractivity contribution in [3.8, 4) is 0 Å². The maximum absolute atomic E-state index is 13.5. The van der Waals surface area contributed by atoms with Crippen molar-refractivity contribution in [2.45, 2.75) is 18.2 Å². The number of carbonyl (C=O) groups is 1. The van der Waals surface area contributed by atoms with Crippen molar-refractivity contribution < 1.29 is 27.4 Å². The number of carboxylic acids is 1. The monoisotopic (exact) mass is 343 g/mol. The normalized spacial score (nSPS) is 28.5. The Balaban J connectivity index is 1.99. The Kier molecular flexibility index (Phi) is 3.94. The molecule has 126 valence electrons. The van der Waals surface area contributed by atoms with Crippen LogP contribution in [0.15, 0.2) is 23.1 Å². The van der Waals surface area contributed by atoms with E-state index in [-0.39, 0.29) is 30.5 Å². The molecule has 8 heteroatoms. The zero-order chi connectivity index (χ0) is 16.8. The number of hydrogen-bond donors (Lipinski definition) is 1. The van der Waals surface area contributed by atoms with Gasteiger partial charge in [0.2, 0.25) is 10.0 Å². The molecule has 0 spiro atoms. The lowest BCUT2D eigenvalue weighted by Crippen LogP contribution is -2.46. The van der Waals surface area contributed by atoms with Crippen molar-refractivity contribution in [3.05, 3.63) is 29.6 Å². The number of nitrogens with zero attached hydrogens (tertiary/aromatic N) is 1. The molecule has 1 N–H and O–H groups in total. The highest BCUT2D eigenvalue weighted by atomic mass is 32.2. The third-order valence-electron chi connectivity index (χ3n) is 4.83. The smallest absolute Gasteiger partial charge is 0.313 e. The standard InChI is InChI=1S/C15H18FNO5S/c1-10-2-3-12(16)6-13(10)23(20,21)17-7-11-4-5-22-9-15(11,8-17)14(18)19/h2-3,6,11H,4-5,7-9H2,1H3,(H,18,19)/t11-,15+/m0/s1. The molecule has 0 saturated carbocycles. The topological polar surface area (TPSA) is 83.9 Å². The van der Waals surface area contributed by atoms with Crippen LogP contribution < -0.4 is 0 Å². The number of halogens is 1. The van der Waals surface area contributed by atoms with Crippen molar-refractivity contribution in [1.29, 1.82) is 0 Å². The third-order valence-corrected chi connectivity index (χ3v) is 6.78. The molecule has 0 unspecified atom stereocenters. The summed E-state index contributed by atoms with van der Waals surface area (Å²) in [5.74, 6) is -1.98. The Labute approximate surface area is 133 Å². The van der Waals surface area contributed by atoms with Crippen LogP contribution in [0.2, 0.25) is 0 Å². The summed E-state index contributed by atoms with van der Waals surface area (Å²) in [6, 6.07) is 3.59. The van der Waals surface area contributed by atoms with Gasteiger partial charge in [-0.2, -0.15) is 4.31 Å². The maximum atomic E-state index is 13.5. The van der Waals surface area contributed by atoms with Crippen molar-refractivity contribution in [1.82, 2.24) is 4.31 Å². The van der Waals surface area contributed by atoms with Crippen molar-refractivity contribution in [3.63, 3.8) is 0 Å². The van der Waals surface area contributed by atoms with Crippen LogP contribution in [0.25, 0.3) is 0 Å². The fourth-order valence-corrected chi connectivity index (χ4v) is 5.21. The summed E-state index contributed by atoms with van der Waals surface area (Å²) < 4.78 is 45.6. The first-order valence-corrected chi connectivity index (χ1v) is 8.79. The number of benzene rings is 1. The third kappa shape index (κ3) is 2.54. The fourth-order valence-electron chi connectivity index (χ4n) is 3.42. The quantitative estimate of drug-likeness (QED) is 0.893. The Morgan fingerprint density at radius 1 is 1.48 bits per heavy atom. The summed E-state index contributed by atoms with van der Waals surface area (Å²) in [5, 5.41) is 9.59. The first-order chi connectivity index (χ1) is 10.8. The van der Waals surface area contributed by atoms with Crippen LogP contribution in [0.5, 0.6) is 0 Å². The van der Waals surface area contributed by atoms with E-state index in [2.05, 4.69) is 0 Å². The minimum atomic E-state index is -3.95. The second kappa shape index (κ2) is 5.54. The number of sulfonamides is 1. The summed E-state index contributed by atoms with van der Waals surface area (Å²) in [5.41, 5.74) is -0.783. The van der Waals surface area contributed by atoms with E-state index in [1.807, 2.05) is 0 Å². The van der Waals surface area contributed by atoms with Crippen LogP contribution >= 0.6 is 0 Å². The van der Waals surface area contributed by atoms with Crippen molar-refractivity contribution in [2.24, 2.45) is 11.3 Å². The van der Waals surface area contributed by atoms with E-state index in [0.717, 1.165) is 10.4 Å².